The predicted molar refractivity (Wildman–Crippen MR) is 89.9 cm³/mol. The fourth-order valence-electron chi connectivity index (χ4n) is 2.08. The minimum absolute atomic E-state index is 0.0433. The Bertz CT molecular complexity index is 871. The van der Waals surface area contributed by atoms with Crippen LogP contribution in [0.2, 0.25) is 0 Å². The summed E-state index contributed by atoms with van der Waals surface area (Å²) in [4.78, 5) is 46.0. The lowest BCUT2D eigenvalue weighted by Crippen LogP contribution is -2.47. The number of carbonyl (C=O) groups excluding carboxylic acids is 3. The van der Waals surface area contributed by atoms with Gasteiger partial charge in [0.1, 0.15) is 11.7 Å². The van der Waals surface area contributed by atoms with Crippen molar-refractivity contribution >= 4 is 29.4 Å². The van der Waals surface area contributed by atoms with Gasteiger partial charge in [0.05, 0.1) is 13.2 Å². The summed E-state index contributed by atoms with van der Waals surface area (Å²) in [5.41, 5.74) is -0.185. The van der Waals surface area contributed by atoms with Gasteiger partial charge in [-0.15, -0.1) is 5.10 Å². The lowest BCUT2D eigenvalue weighted by atomic mass is 10.0. The number of rotatable bonds is 7. The Morgan fingerprint density at radius 2 is 1.93 bits per heavy atom. The quantitative estimate of drug-likeness (QED) is 0.299. The molecular formula is C14H17N7O6. The van der Waals surface area contributed by atoms with Crippen LogP contribution in [0.15, 0.2) is 12.1 Å². The highest BCUT2D eigenvalue weighted by molar-refractivity contribution is 6.00. The van der Waals surface area contributed by atoms with Crippen molar-refractivity contribution in [2.45, 2.75) is 19.9 Å². The molecule has 27 heavy (non-hydrogen) atoms. The molecule has 2 heterocycles. The number of nitro groups is 1. The van der Waals surface area contributed by atoms with Crippen LogP contribution in [0, 0.1) is 16.0 Å². The maximum absolute atomic E-state index is 12.5. The van der Waals surface area contributed by atoms with Gasteiger partial charge in [0.2, 0.25) is 5.91 Å². The number of hydrogen-bond acceptors (Lipinski definition) is 8. The first kappa shape index (κ1) is 19.6. The van der Waals surface area contributed by atoms with Crippen molar-refractivity contribution in [2.24, 2.45) is 5.92 Å². The van der Waals surface area contributed by atoms with E-state index in [1.807, 2.05) is 0 Å². The van der Waals surface area contributed by atoms with Crippen molar-refractivity contribution < 1.29 is 24.0 Å². The van der Waals surface area contributed by atoms with E-state index in [1.165, 1.54) is 13.2 Å². The zero-order valence-corrected chi connectivity index (χ0v) is 14.6. The van der Waals surface area contributed by atoms with E-state index in [9.17, 15) is 24.5 Å². The molecule has 0 aliphatic carbocycles. The first-order valence-electron chi connectivity index (χ1n) is 7.68. The van der Waals surface area contributed by atoms with Gasteiger partial charge in [-0.2, -0.15) is 5.10 Å². The number of amides is 2. The summed E-state index contributed by atoms with van der Waals surface area (Å²) in [5, 5.41) is 27.4. The number of aromatic amines is 2. The average Bonchev–Trinajstić information content (AvgIpc) is 3.27. The Balaban J connectivity index is 2.08. The molecule has 0 aromatic carbocycles. The summed E-state index contributed by atoms with van der Waals surface area (Å²) < 4.78 is 4.52. The van der Waals surface area contributed by atoms with Crippen LogP contribution in [0.3, 0.4) is 0 Å². The molecule has 1 atom stereocenters. The highest BCUT2D eigenvalue weighted by Gasteiger charge is 2.27. The van der Waals surface area contributed by atoms with Crippen LogP contribution in [0.5, 0.6) is 0 Å². The summed E-state index contributed by atoms with van der Waals surface area (Å²) in [7, 11) is 1.20. The third-order valence-corrected chi connectivity index (χ3v) is 3.46. The Morgan fingerprint density at radius 3 is 2.48 bits per heavy atom. The van der Waals surface area contributed by atoms with Crippen molar-refractivity contribution in [2.75, 3.05) is 12.4 Å². The van der Waals surface area contributed by atoms with Crippen LogP contribution < -0.4 is 10.6 Å². The van der Waals surface area contributed by atoms with E-state index in [0.29, 0.717) is 0 Å². The third kappa shape index (κ3) is 4.65. The first-order valence-corrected chi connectivity index (χ1v) is 7.68. The first-order chi connectivity index (χ1) is 12.7. The van der Waals surface area contributed by atoms with Gasteiger partial charge in [0.25, 0.3) is 5.91 Å². The van der Waals surface area contributed by atoms with E-state index in [0.717, 1.165) is 6.07 Å². The van der Waals surface area contributed by atoms with Gasteiger partial charge in [-0.1, -0.05) is 18.9 Å². The van der Waals surface area contributed by atoms with E-state index < -0.39 is 34.6 Å². The highest BCUT2D eigenvalue weighted by Crippen LogP contribution is 2.12. The lowest BCUT2D eigenvalue weighted by Gasteiger charge is -2.20. The minimum Gasteiger partial charge on any atom is -0.464 e. The van der Waals surface area contributed by atoms with Gasteiger partial charge in [0.15, 0.2) is 11.5 Å². The van der Waals surface area contributed by atoms with Gasteiger partial charge in [-0.05, 0) is 10.8 Å². The molecule has 0 saturated heterocycles. The van der Waals surface area contributed by atoms with Crippen LogP contribution in [0.25, 0.3) is 0 Å². The number of ether oxygens (including phenoxy) is 1. The van der Waals surface area contributed by atoms with E-state index in [-0.39, 0.29) is 23.1 Å². The number of nitrogens with zero attached hydrogens (tertiary/aromatic N) is 3. The molecule has 2 aromatic rings. The smallest absolute Gasteiger partial charge is 0.356 e. The number of methoxy groups -OCH3 is 1. The molecule has 0 aliphatic rings. The molecule has 2 amide bonds. The monoisotopic (exact) mass is 379 g/mol. The molecule has 0 saturated carbocycles. The molecule has 0 unspecified atom stereocenters. The molecular weight excluding hydrogens is 362 g/mol. The molecule has 2 aromatic heterocycles. The van der Waals surface area contributed by atoms with Crippen LogP contribution >= 0.6 is 0 Å². The Hall–Kier alpha value is -3.77. The van der Waals surface area contributed by atoms with Crippen molar-refractivity contribution in [3.05, 3.63) is 33.6 Å². The van der Waals surface area contributed by atoms with E-state index in [1.54, 1.807) is 13.8 Å². The normalized spacial score (nSPS) is 11.7. The van der Waals surface area contributed by atoms with E-state index >= 15 is 0 Å². The fraction of sp³-hybridized carbons (Fsp3) is 0.357. The number of nitrogens with one attached hydrogen (secondary N) is 4. The number of anilines is 1. The van der Waals surface area contributed by atoms with E-state index in [2.05, 4.69) is 35.8 Å². The topological polar surface area (TPSA) is 185 Å². The second-order valence-corrected chi connectivity index (χ2v) is 5.74. The van der Waals surface area contributed by atoms with Crippen molar-refractivity contribution in [3.63, 3.8) is 0 Å². The molecule has 4 N–H and O–H groups in total. The Labute approximate surface area is 152 Å². The average molecular weight is 379 g/mol. The van der Waals surface area contributed by atoms with Gasteiger partial charge < -0.3 is 25.5 Å². The third-order valence-electron chi connectivity index (χ3n) is 3.46. The van der Waals surface area contributed by atoms with E-state index in [4.69, 9.17) is 0 Å². The molecule has 13 heteroatoms. The van der Waals surface area contributed by atoms with Crippen molar-refractivity contribution in [1.29, 1.82) is 0 Å². The molecule has 0 bridgehead atoms. The molecule has 13 nitrogen and oxygen atoms in total. The SMILES string of the molecule is COC(=O)c1cc(NC(=O)[C@@H](NC(=O)c2cc([N+](=O)[O-])[nH]n2)C(C)C)n[nH]1. The largest absolute Gasteiger partial charge is 0.464 e. The van der Waals surface area contributed by atoms with Gasteiger partial charge in [-0.3, -0.25) is 14.7 Å². The maximum Gasteiger partial charge on any atom is 0.356 e. The highest BCUT2D eigenvalue weighted by atomic mass is 16.6. The predicted octanol–water partition coefficient (Wildman–Crippen LogP) is 0.221. The summed E-state index contributed by atoms with van der Waals surface area (Å²) >= 11 is 0. The van der Waals surface area contributed by atoms with Gasteiger partial charge in [-0.25, -0.2) is 4.79 Å². The number of aromatic nitrogens is 4. The fourth-order valence-corrected chi connectivity index (χ4v) is 2.08. The number of hydrogen-bond donors (Lipinski definition) is 4. The molecule has 0 aliphatic heterocycles. The van der Waals surface area contributed by atoms with Gasteiger partial charge in [0, 0.05) is 6.07 Å². The maximum atomic E-state index is 12.5. The number of H-pyrrole nitrogens is 2. The van der Waals surface area contributed by atoms with Crippen LogP contribution in [0.4, 0.5) is 11.6 Å². The second kappa shape index (κ2) is 8.07. The number of carbonyl (C=O) groups is 3. The Morgan fingerprint density at radius 1 is 1.22 bits per heavy atom. The molecule has 0 spiro atoms. The molecule has 2 rings (SSSR count). The van der Waals surface area contributed by atoms with Crippen molar-refractivity contribution in [1.82, 2.24) is 25.7 Å². The standard InChI is InChI=1S/C14H17N7O6/c1-6(2)11(16-12(22)7-5-10(20-17-7)21(25)26)13(23)15-9-4-8(18-19-9)14(24)27-3/h4-6,11H,1-3H3,(H,16,22)(H,17,20)(H2,15,18,19,23)/t11-/m0/s1. The summed E-state index contributed by atoms with van der Waals surface area (Å²) in [5.74, 6) is -2.70. The zero-order valence-electron chi connectivity index (χ0n) is 14.6. The summed E-state index contributed by atoms with van der Waals surface area (Å²) in [6, 6.07) is 1.26. The van der Waals surface area contributed by atoms with Gasteiger partial charge >= 0.3 is 11.8 Å². The number of esters is 1. The molecule has 144 valence electrons. The van der Waals surface area contributed by atoms with Crippen LogP contribution in [0.1, 0.15) is 34.8 Å². The summed E-state index contributed by atoms with van der Waals surface area (Å²) in [6.45, 7) is 3.39. The molecule has 0 radical (unpaired) electrons. The lowest BCUT2D eigenvalue weighted by molar-refractivity contribution is -0.389. The van der Waals surface area contributed by atoms with Crippen LogP contribution in [-0.2, 0) is 9.53 Å². The second-order valence-electron chi connectivity index (χ2n) is 5.74. The molecule has 0 fully saturated rings. The van der Waals surface area contributed by atoms with Crippen LogP contribution in [-0.4, -0.2) is 56.3 Å². The minimum atomic E-state index is -0.980. The van der Waals surface area contributed by atoms with Crippen molar-refractivity contribution in [3.8, 4) is 0 Å². The summed E-state index contributed by atoms with van der Waals surface area (Å²) in [6.07, 6.45) is 0. The zero-order chi connectivity index (χ0) is 20.1. The Kier molecular flexibility index (Phi) is 5.85.